The molecule has 3 rings (SSSR count). The summed E-state index contributed by atoms with van der Waals surface area (Å²) in [5.41, 5.74) is 4.94. The zero-order chi connectivity index (χ0) is 19.9. The van der Waals surface area contributed by atoms with Gasteiger partial charge >= 0.3 is 0 Å². The van der Waals surface area contributed by atoms with Crippen LogP contribution in [0.25, 0.3) is 0 Å². The number of aliphatic imine (C=N–C) groups is 1. The van der Waals surface area contributed by atoms with Crippen LogP contribution in [0.5, 0.6) is 11.5 Å². The summed E-state index contributed by atoms with van der Waals surface area (Å²) in [6, 6.07) is 12.6. The largest absolute Gasteiger partial charge is 0.493 e. The van der Waals surface area contributed by atoms with Gasteiger partial charge in [0.25, 0.3) is 0 Å². The molecule has 0 aromatic heterocycles. The molecule has 1 aliphatic heterocycles. The molecule has 0 saturated carbocycles. The third-order valence-corrected chi connectivity index (χ3v) is 5.01. The molecule has 0 radical (unpaired) electrons. The third kappa shape index (κ3) is 5.76. The molecule has 0 spiro atoms. The summed E-state index contributed by atoms with van der Waals surface area (Å²) in [5.74, 6) is 2.46. The second-order valence-electron chi connectivity index (χ2n) is 6.80. The van der Waals surface area contributed by atoms with Crippen LogP contribution in [0.4, 0.5) is 0 Å². The summed E-state index contributed by atoms with van der Waals surface area (Å²) < 4.78 is 16.0. The predicted molar refractivity (Wildman–Crippen MR) is 126 cm³/mol. The Labute approximate surface area is 190 Å². The summed E-state index contributed by atoms with van der Waals surface area (Å²) in [5, 5.41) is 3.48. The molecule has 0 amide bonds. The fourth-order valence-electron chi connectivity index (χ4n) is 3.50. The minimum absolute atomic E-state index is 0. The molecule has 1 aliphatic rings. The average Bonchev–Trinajstić information content (AvgIpc) is 2.74. The monoisotopic (exact) mass is 511 g/mol. The van der Waals surface area contributed by atoms with E-state index < -0.39 is 0 Å². The molecule has 0 atom stereocenters. The minimum atomic E-state index is 0. The number of rotatable bonds is 6. The maximum Gasteiger partial charge on any atom is 0.194 e. The lowest BCUT2D eigenvalue weighted by Crippen LogP contribution is -2.43. The van der Waals surface area contributed by atoms with Gasteiger partial charge in [0.2, 0.25) is 0 Å². The van der Waals surface area contributed by atoms with Crippen LogP contribution in [-0.4, -0.2) is 45.8 Å². The van der Waals surface area contributed by atoms with Gasteiger partial charge in [-0.3, -0.25) is 4.99 Å². The summed E-state index contributed by atoms with van der Waals surface area (Å²) >= 11 is 0. The van der Waals surface area contributed by atoms with Crippen molar-refractivity contribution < 1.29 is 14.2 Å². The number of hydrogen-bond donors (Lipinski definition) is 1. The molecule has 2 aromatic rings. The summed E-state index contributed by atoms with van der Waals surface area (Å²) in [6.07, 6.45) is 0.947. The van der Waals surface area contributed by atoms with Crippen LogP contribution in [0.3, 0.4) is 0 Å². The Kier molecular flexibility index (Phi) is 9.03. The van der Waals surface area contributed by atoms with E-state index in [4.69, 9.17) is 14.2 Å². The van der Waals surface area contributed by atoms with Crippen LogP contribution < -0.4 is 14.8 Å². The highest BCUT2D eigenvalue weighted by Gasteiger charge is 2.21. The van der Waals surface area contributed by atoms with Gasteiger partial charge in [-0.05, 0) is 40.8 Å². The van der Waals surface area contributed by atoms with E-state index in [-0.39, 0.29) is 24.0 Å². The van der Waals surface area contributed by atoms with Gasteiger partial charge in [0.1, 0.15) is 0 Å². The first kappa shape index (κ1) is 23.3. The average molecular weight is 511 g/mol. The molecule has 0 aliphatic carbocycles. The Bertz CT molecular complexity index is 825. The molecule has 0 fully saturated rings. The van der Waals surface area contributed by atoms with Crippen molar-refractivity contribution in [1.82, 2.24) is 10.2 Å². The van der Waals surface area contributed by atoms with Crippen molar-refractivity contribution in [2.75, 3.05) is 34.9 Å². The first-order valence-corrected chi connectivity index (χ1v) is 9.44. The number of ether oxygens (including phenoxy) is 3. The Morgan fingerprint density at radius 2 is 1.62 bits per heavy atom. The van der Waals surface area contributed by atoms with Crippen molar-refractivity contribution in [3.63, 3.8) is 0 Å². The van der Waals surface area contributed by atoms with Crippen LogP contribution >= 0.6 is 24.0 Å². The van der Waals surface area contributed by atoms with Crippen LogP contribution in [-0.2, 0) is 30.9 Å². The highest BCUT2D eigenvalue weighted by molar-refractivity contribution is 14.0. The maximum absolute atomic E-state index is 5.46. The van der Waals surface area contributed by atoms with Gasteiger partial charge in [0.15, 0.2) is 17.5 Å². The van der Waals surface area contributed by atoms with Crippen molar-refractivity contribution in [2.24, 2.45) is 4.99 Å². The zero-order valence-electron chi connectivity index (χ0n) is 17.5. The number of fused-ring (bicyclic) bond motifs is 1. The van der Waals surface area contributed by atoms with E-state index in [0.717, 1.165) is 43.5 Å². The van der Waals surface area contributed by atoms with Crippen LogP contribution in [0, 0.1) is 0 Å². The molecule has 0 unspecified atom stereocenters. The van der Waals surface area contributed by atoms with Crippen molar-refractivity contribution in [2.45, 2.75) is 26.1 Å². The summed E-state index contributed by atoms with van der Waals surface area (Å²) in [4.78, 5) is 6.75. The normalized spacial score (nSPS) is 13.4. The van der Waals surface area contributed by atoms with E-state index in [0.29, 0.717) is 6.61 Å². The van der Waals surface area contributed by atoms with Gasteiger partial charge in [0, 0.05) is 33.8 Å². The second-order valence-corrected chi connectivity index (χ2v) is 6.80. The quantitative estimate of drug-likeness (QED) is 0.365. The van der Waals surface area contributed by atoms with E-state index in [1.165, 1.54) is 22.3 Å². The number of nitrogens with one attached hydrogen (secondary N) is 1. The van der Waals surface area contributed by atoms with Crippen molar-refractivity contribution in [3.8, 4) is 11.5 Å². The number of benzene rings is 2. The number of guanidine groups is 1. The van der Waals surface area contributed by atoms with Crippen molar-refractivity contribution in [3.05, 3.63) is 58.7 Å². The first-order chi connectivity index (χ1) is 13.7. The molecule has 0 bridgehead atoms. The molecule has 6 nitrogen and oxygen atoms in total. The molecular weight excluding hydrogens is 481 g/mol. The van der Waals surface area contributed by atoms with Gasteiger partial charge in [0.05, 0.1) is 20.8 Å². The second kappa shape index (κ2) is 11.3. The summed E-state index contributed by atoms with van der Waals surface area (Å²) in [7, 11) is 6.88. The van der Waals surface area contributed by atoms with Gasteiger partial charge in [-0.2, -0.15) is 0 Å². The highest BCUT2D eigenvalue weighted by atomic mass is 127. The van der Waals surface area contributed by atoms with E-state index in [2.05, 4.69) is 51.6 Å². The molecule has 0 saturated heterocycles. The van der Waals surface area contributed by atoms with Crippen molar-refractivity contribution >= 4 is 29.9 Å². The number of hydrogen-bond acceptors (Lipinski definition) is 4. The Balaban J connectivity index is 0.00000300. The Morgan fingerprint density at radius 3 is 2.21 bits per heavy atom. The first-order valence-electron chi connectivity index (χ1n) is 9.44. The van der Waals surface area contributed by atoms with Crippen LogP contribution in [0.2, 0.25) is 0 Å². The smallest absolute Gasteiger partial charge is 0.194 e. The SMILES string of the molecule is CN=C(NCc1ccc(COC)cc1)N1CCc2cc(OC)c(OC)cc2C1.I. The van der Waals surface area contributed by atoms with E-state index in [9.17, 15) is 0 Å². The fraction of sp³-hybridized carbons (Fsp3) is 0.409. The lowest BCUT2D eigenvalue weighted by atomic mass is 9.99. The Hall–Kier alpha value is -2.00. The van der Waals surface area contributed by atoms with Gasteiger partial charge < -0.3 is 24.4 Å². The molecule has 158 valence electrons. The third-order valence-electron chi connectivity index (χ3n) is 5.01. The lowest BCUT2D eigenvalue weighted by Gasteiger charge is -2.32. The zero-order valence-corrected chi connectivity index (χ0v) is 19.9. The van der Waals surface area contributed by atoms with Crippen molar-refractivity contribution in [1.29, 1.82) is 0 Å². The van der Waals surface area contributed by atoms with E-state index >= 15 is 0 Å². The van der Waals surface area contributed by atoms with Gasteiger partial charge in [-0.15, -0.1) is 24.0 Å². The molecule has 7 heteroatoms. The topological polar surface area (TPSA) is 55.3 Å². The Morgan fingerprint density at radius 1 is 1.00 bits per heavy atom. The van der Waals surface area contributed by atoms with Gasteiger partial charge in [-0.25, -0.2) is 0 Å². The predicted octanol–water partition coefficient (Wildman–Crippen LogP) is 3.60. The lowest BCUT2D eigenvalue weighted by molar-refractivity contribution is 0.185. The molecule has 1 heterocycles. The van der Waals surface area contributed by atoms with E-state index in [1.807, 2.05) is 7.05 Å². The molecule has 29 heavy (non-hydrogen) atoms. The number of nitrogens with zero attached hydrogens (tertiary/aromatic N) is 2. The maximum atomic E-state index is 5.46. The number of methoxy groups -OCH3 is 3. The molecule has 1 N–H and O–H groups in total. The summed E-state index contributed by atoms with van der Waals surface area (Å²) in [6.45, 7) is 3.07. The minimum Gasteiger partial charge on any atom is -0.493 e. The van der Waals surface area contributed by atoms with Crippen LogP contribution in [0.1, 0.15) is 22.3 Å². The molecular formula is C22H30IN3O3. The standard InChI is InChI=1S/C22H29N3O3.HI/c1-23-22(24-13-16-5-7-17(8-6-16)15-26-2)25-10-9-18-11-20(27-3)21(28-4)12-19(18)14-25;/h5-8,11-12H,9-10,13-15H2,1-4H3,(H,23,24);1H. The van der Waals surface area contributed by atoms with E-state index in [1.54, 1.807) is 21.3 Å². The number of halogens is 1. The molecule has 2 aromatic carbocycles. The fourth-order valence-corrected chi connectivity index (χ4v) is 3.50. The highest BCUT2D eigenvalue weighted by Crippen LogP contribution is 2.33. The van der Waals surface area contributed by atoms with Crippen LogP contribution in [0.15, 0.2) is 41.4 Å². The van der Waals surface area contributed by atoms with Gasteiger partial charge in [-0.1, -0.05) is 24.3 Å².